The number of carbonyl (C=O) groups excluding carboxylic acids is 1. The van der Waals surface area contributed by atoms with Crippen molar-refractivity contribution in [2.24, 2.45) is 0 Å². The third-order valence-corrected chi connectivity index (χ3v) is 10.8. The zero-order chi connectivity index (χ0) is 9.97. The SMILES string of the molecule is COC(=O)C1=CSC(=C2[Se]C=C[Se]2)S1. The van der Waals surface area contributed by atoms with Crippen LogP contribution in [0.25, 0.3) is 0 Å². The van der Waals surface area contributed by atoms with E-state index in [1.807, 2.05) is 5.41 Å². The van der Waals surface area contributed by atoms with Crippen LogP contribution >= 0.6 is 23.5 Å². The Morgan fingerprint density at radius 3 is 2.79 bits per heavy atom. The Balaban J connectivity index is 2.05. The molecule has 14 heavy (non-hydrogen) atoms. The van der Waals surface area contributed by atoms with Gasteiger partial charge in [0.1, 0.15) is 0 Å². The van der Waals surface area contributed by atoms with E-state index >= 15 is 0 Å². The molecule has 6 heteroatoms. The Bertz CT molecular complexity index is 350. The van der Waals surface area contributed by atoms with Crippen molar-refractivity contribution in [3.63, 3.8) is 0 Å². The average molecular weight is 356 g/mol. The van der Waals surface area contributed by atoms with Gasteiger partial charge in [-0.25, -0.2) is 0 Å². The number of rotatable bonds is 1. The third kappa shape index (κ3) is 2.32. The summed E-state index contributed by atoms with van der Waals surface area (Å²) in [4.78, 5) is 16.5. The van der Waals surface area contributed by atoms with Gasteiger partial charge >= 0.3 is 104 Å². The number of hydrogen-bond donors (Lipinski definition) is 0. The summed E-state index contributed by atoms with van der Waals surface area (Å²) in [5.74, 6) is -0.218. The monoisotopic (exact) mass is 358 g/mol. The molecule has 2 aliphatic rings. The third-order valence-electron chi connectivity index (χ3n) is 1.43. The molecule has 0 N–H and O–H groups in total. The van der Waals surface area contributed by atoms with Crippen molar-refractivity contribution in [3.8, 4) is 0 Å². The summed E-state index contributed by atoms with van der Waals surface area (Å²) in [6.45, 7) is 0. The van der Waals surface area contributed by atoms with Gasteiger partial charge in [-0.15, -0.1) is 0 Å². The molecule has 0 amide bonds. The molecule has 0 spiro atoms. The summed E-state index contributed by atoms with van der Waals surface area (Å²) in [6.07, 6.45) is 0. The van der Waals surface area contributed by atoms with Crippen LogP contribution < -0.4 is 0 Å². The van der Waals surface area contributed by atoms with Crippen molar-refractivity contribution < 1.29 is 9.53 Å². The van der Waals surface area contributed by atoms with E-state index in [9.17, 15) is 4.79 Å². The minimum absolute atomic E-state index is 0.218. The summed E-state index contributed by atoms with van der Waals surface area (Å²) in [6, 6.07) is 0. The molecule has 0 saturated carbocycles. The van der Waals surface area contributed by atoms with Gasteiger partial charge in [0.05, 0.1) is 0 Å². The molecule has 2 rings (SSSR count). The first-order valence-electron chi connectivity index (χ1n) is 3.67. The molecular formula is C8H6O2S2Se2. The van der Waals surface area contributed by atoms with Gasteiger partial charge in [-0.2, -0.15) is 0 Å². The molecule has 0 aliphatic carbocycles. The first kappa shape index (κ1) is 10.9. The quantitative estimate of drug-likeness (QED) is 0.526. The average Bonchev–Trinajstić information content (AvgIpc) is 2.86. The van der Waals surface area contributed by atoms with Crippen LogP contribution in [0.5, 0.6) is 0 Å². The first-order valence-corrected chi connectivity index (χ1v) is 9.05. The van der Waals surface area contributed by atoms with Crippen LogP contribution in [0, 0.1) is 0 Å². The van der Waals surface area contributed by atoms with Gasteiger partial charge in [-0.3, -0.25) is 0 Å². The Morgan fingerprint density at radius 1 is 1.43 bits per heavy atom. The molecule has 0 aromatic heterocycles. The predicted octanol–water partition coefficient (Wildman–Crippen LogP) is 1.50. The van der Waals surface area contributed by atoms with Gasteiger partial charge in [0.2, 0.25) is 0 Å². The van der Waals surface area contributed by atoms with Crippen LogP contribution in [0.15, 0.2) is 27.9 Å². The molecule has 2 heterocycles. The first-order chi connectivity index (χ1) is 6.81. The Labute approximate surface area is 103 Å². The second-order valence-corrected chi connectivity index (χ2v) is 9.62. The van der Waals surface area contributed by atoms with Crippen LogP contribution in [0.4, 0.5) is 0 Å². The number of esters is 1. The maximum absolute atomic E-state index is 11.2. The predicted molar refractivity (Wildman–Crippen MR) is 63.0 cm³/mol. The van der Waals surface area contributed by atoms with Gasteiger partial charge in [-0.1, -0.05) is 0 Å². The van der Waals surface area contributed by atoms with Crippen LogP contribution in [0.3, 0.4) is 0 Å². The fraction of sp³-hybridized carbons (Fsp3) is 0.125. The molecule has 2 aliphatic heterocycles. The summed E-state index contributed by atoms with van der Waals surface area (Å²) in [7, 11) is 1.42. The number of thioether (sulfide) groups is 2. The van der Waals surface area contributed by atoms with Crippen LogP contribution in [-0.4, -0.2) is 43.0 Å². The molecule has 0 radical (unpaired) electrons. The molecule has 2 nitrogen and oxygen atoms in total. The van der Waals surface area contributed by atoms with Gasteiger partial charge in [0, 0.05) is 0 Å². The second-order valence-electron chi connectivity index (χ2n) is 2.28. The van der Waals surface area contributed by atoms with Crippen LogP contribution in [0.1, 0.15) is 0 Å². The fourth-order valence-electron chi connectivity index (χ4n) is 0.838. The molecule has 0 aromatic rings. The Kier molecular flexibility index (Phi) is 3.88. The molecule has 0 bridgehead atoms. The van der Waals surface area contributed by atoms with Crippen molar-refractivity contribution in [1.82, 2.24) is 0 Å². The standard InChI is InChI=1S/C8H6O2S2Se2/c1-10-6(9)5-4-11-7(12-5)8-13-2-3-14-8/h2-4H,1H3. The van der Waals surface area contributed by atoms with E-state index in [1.165, 1.54) is 14.7 Å². The molecule has 0 atom stereocenters. The van der Waals surface area contributed by atoms with Gasteiger partial charge in [-0.05, 0) is 0 Å². The number of ether oxygens (including phenoxy) is 1. The topological polar surface area (TPSA) is 26.3 Å². The maximum atomic E-state index is 11.2. The van der Waals surface area contributed by atoms with E-state index in [-0.39, 0.29) is 5.97 Å². The Hall–Kier alpha value is 0.429. The van der Waals surface area contributed by atoms with Crippen molar-refractivity contribution >= 4 is 59.4 Å². The summed E-state index contributed by atoms with van der Waals surface area (Å²) in [5, 5.41) is 1.89. The molecule has 0 saturated heterocycles. The van der Waals surface area contributed by atoms with Crippen molar-refractivity contribution in [1.29, 1.82) is 0 Å². The van der Waals surface area contributed by atoms with Crippen molar-refractivity contribution in [3.05, 3.63) is 27.9 Å². The van der Waals surface area contributed by atoms with E-state index in [0.29, 0.717) is 29.9 Å². The normalized spacial score (nSPS) is 20.2. The van der Waals surface area contributed by atoms with Crippen LogP contribution in [-0.2, 0) is 9.53 Å². The molecule has 0 fully saturated rings. The van der Waals surface area contributed by atoms with E-state index in [1.54, 1.807) is 23.5 Å². The van der Waals surface area contributed by atoms with Crippen molar-refractivity contribution in [2.75, 3.05) is 7.11 Å². The summed E-state index contributed by atoms with van der Waals surface area (Å²) >= 11 is 4.27. The van der Waals surface area contributed by atoms with Crippen molar-refractivity contribution in [2.45, 2.75) is 0 Å². The second kappa shape index (κ2) is 4.97. The van der Waals surface area contributed by atoms with Crippen LogP contribution in [0.2, 0.25) is 0 Å². The number of hydrogen-bond acceptors (Lipinski definition) is 4. The Morgan fingerprint density at radius 2 is 2.14 bits per heavy atom. The molecular weight excluding hydrogens is 350 g/mol. The van der Waals surface area contributed by atoms with Gasteiger partial charge in [0.25, 0.3) is 0 Å². The zero-order valence-electron chi connectivity index (χ0n) is 7.18. The van der Waals surface area contributed by atoms with E-state index < -0.39 is 0 Å². The zero-order valence-corrected chi connectivity index (χ0v) is 12.2. The van der Waals surface area contributed by atoms with Gasteiger partial charge < -0.3 is 0 Å². The fourth-order valence-corrected chi connectivity index (χ4v) is 9.07. The van der Waals surface area contributed by atoms with Gasteiger partial charge in [0.15, 0.2) is 0 Å². The molecule has 74 valence electrons. The van der Waals surface area contributed by atoms with E-state index in [0.717, 1.165) is 4.91 Å². The number of carbonyl (C=O) groups is 1. The molecule has 0 aromatic carbocycles. The summed E-state index contributed by atoms with van der Waals surface area (Å²) < 4.78 is 7.51. The summed E-state index contributed by atoms with van der Waals surface area (Å²) in [5.41, 5.74) is 0. The number of methoxy groups -OCH3 is 1. The minimum atomic E-state index is -0.218. The van der Waals surface area contributed by atoms with E-state index in [2.05, 4.69) is 14.7 Å². The molecule has 0 unspecified atom stereocenters. The van der Waals surface area contributed by atoms with E-state index in [4.69, 9.17) is 0 Å².